The Kier molecular flexibility index (Phi) is 4.86. The zero-order chi connectivity index (χ0) is 17.9. The molecule has 0 bridgehead atoms. The number of benzene rings is 2. The molecule has 0 atom stereocenters. The summed E-state index contributed by atoms with van der Waals surface area (Å²) in [5, 5.41) is 10.8. The van der Waals surface area contributed by atoms with Gasteiger partial charge in [-0.05, 0) is 52.7 Å². The summed E-state index contributed by atoms with van der Waals surface area (Å²) in [5.41, 5.74) is 1.42. The number of nitrogens with zero attached hydrogens (tertiary/aromatic N) is 5. The lowest BCUT2D eigenvalue weighted by molar-refractivity contribution is 0.472. The van der Waals surface area contributed by atoms with E-state index < -0.39 is 10.0 Å². The van der Waals surface area contributed by atoms with Crippen LogP contribution in [0.1, 0.15) is 5.56 Å². The summed E-state index contributed by atoms with van der Waals surface area (Å²) in [6, 6.07) is 12.4. The van der Waals surface area contributed by atoms with Crippen LogP contribution in [0.25, 0.3) is 5.69 Å². The summed E-state index contributed by atoms with van der Waals surface area (Å²) in [4.78, 5) is 0.155. The molecule has 0 saturated carbocycles. The van der Waals surface area contributed by atoms with Crippen LogP contribution in [-0.2, 0) is 16.4 Å². The van der Waals surface area contributed by atoms with E-state index in [4.69, 9.17) is 0 Å². The standard InChI is InChI=1S/C16H16FN5O2S/c1-21(10-9-13-5-7-14(17)8-6-13)25(23,24)16-4-2-3-15(11-16)22-12-18-19-20-22/h2-8,11-12H,9-10H2,1H3. The van der Waals surface area contributed by atoms with Crippen LogP contribution in [0, 0.1) is 5.82 Å². The predicted octanol–water partition coefficient (Wildman–Crippen LogP) is 1.66. The van der Waals surface area contributed by atoms with E-state index in [1.807, 2.05) is 0 Å². The molecule has 0 aliphatic rings. The summed E-state index contributed by atoms with van der Waals surface area (Å²) < 4.78 is 41.1. The first-order valence-corrected chi connectivity index (χ1v) is 8.95. The molecule has 1 heterocycles. The first kappa shape index (κ1) is 17.2. The van der Waals surface area contributed by atoms with Gasteiger partial charge in [0.2, 0.25) is 10.0 Å². The van der Waals surface area contributed by atoms with Gasteiger partial charge in [0.1, 0.15) is 12.1 Å². The molecule has 7 nitrogen and oxygen atoms in total. The molecule has 0 aliphatic carbocycles. The molecule has 0 unspecified atom stereocenters. The fraction of sp³-hybridized carbons (Fsp3) is 0.188. The van der Waals surface area contributed by atoms with Crippen LogP contribution in [0.5, 0.6) is 0 Å². The molecule has 9 heteroatoms. The molecular formula is C16H16FN5O2S. The summed E-state index contributed by atoms with van der Waals surface area (Å²) in [6.45, 7) is 0.281. The summed E-state index contributed by atoms with van der Waals surface area (Å²) >= 11 is 0. The van der Waals surface area contributed by atoms with Gasteiger partial charge in [0.25, 0.3) is 0 Å². The highest BCUT2D eigenvalue weighted by molar-refractivity contribution is 7.89. The Hall–Kier alpha value is -2.65. The lowest BCUT2D eigenvalue weighted by Crippen LogP contribution is -2.29. The van der Waals surface area contributed by atoms with Crippen molar-refractivity contribution in [3.05, 3.63) is 66.2 Å². The molecule has 2 aromatic carbocycles. The number of likely N-dealkylation sites (N-methyl/N-ethyl adjacent to an activating group) is 1. The Morgan fingerprint density at radius 1 is 1.16 bits per heavy atom. The Labute approximate surface area is 144 Å². The molecule has 0 radical (unpaired) electrons. The lowest BCUT2D eigenvalue weighted by Gasteiger charge is -2.17. The van der Waals surface area contributed by atoms with Gasteiger partial charge in [0.05, 0.1) is 10.6 Å². The highest BCUT2D eigenvalue weighted by atomic mass is 32.2. The largest absolute Gasteiger partial charge is 0.242 e. The zero-order valence-electron chi connectivity index (χ0n) is 13.4. The number of sulfonamides is 1. The molecule has 0 fully saturated rings. The Balaban J connectivity index is 1.76. The quantitative estimate of drug-likeness (QED) is 0.667. The van der Waals surface area contributed by atoms with Crippen molar-refractivity contribution >= 4 is 10.0 Å². The van der Waals surface area contributed by atoms with Gasteiger partial charge < -0.3 is 0 Å². The maximum atomic E-state index is 12.9. The number of halogens is 1. The molecular weight excluding hydrogens is 345 g/mol. The number of hydrogen-bond acceptors (Lipinski definition) is 5. The van der Waals surface area contributed by atoms with Gasteiger partial charge in [-0.25, -0.2) is 21.8 Å². The first-order valence-electron chi connectivity index (χ1n) is 7.51. The van der Waals surface area contributed by atoms with Gasteiger partial charge in [-0.3, -0.25) is 0 Å². The van der Waals surface area contributed by atoms with E-state index in [1.54, 1.807) is 24.3 Å². The monoisotopic (exact) mass is 361 g/mol. The van der Waals surface area contributed by atoms with Crippen LogP contribution in [0.4, 0.5) is 4.39 Å². The number of rotatable bonds is 6. The second kappa shape index (κ2) is 7.08. The van der Waals surface area contributed by atoms with E-state index in [2.05, 4.69) is 15.5 Å². The zero-order valence-corrected chi connectivity index (χ0v) is 14.3. The van der Waals surface area contributed by atoms with Crippen LogP contribution >= 0.6 is 0 Å². The number of tetrazole rings is 1. The third-order valence-electron chi connectivity index (χ3n) is 3.77. The molecule has 3 aromatic rings. The van der Waals surface area contributed by atoms with E-state index in [1.165, 1.54) is 46.6 Å². The van der Waals surface area contributed by atoms with Gasteiger partial charge >= 0.3 is 0 Å². The van der Waals surface area contributed by atoms with Crippen molar-refractivity contribution in [1.82, 2.24) is 24.5 Å². The van der Waals surface area contributed by atoms with E-state index in [9.17, 15) is 12.8 Å². The van der Waals surface area contributed by atoms with Crippen LogP contribution in [0.2, 0.25) is 0 Å². The van der Waals surface area contributed by atoms with Crippen molar-refractivity contribution in [1.29, 1.82) is 0 Å². The molecule has 25 heavy (non-hydrogen) atoms. The minimum Gasteiger partial charge on any atom is -0.207 e. The number of aromatic nitrogens is 4. The van der Waals surface area contributed by atoms with E-state index in [-0.39, 0.29) is 17.3 Å². The fourth-order valence-corrected chi connectivity index (χ4v) is 3.52. The van der Waals surface area contributed by atoms with Crippen molar-refractivity contribution in [3.63, 3.8) is 0 Å². The van der Waals surface area contributed by atoms with Gasteiger partial charge in [-0.15, -0.1) is 5.10 Å². The molecule has 0 amide bonds. The van der Waals surface area contributed by atoms with Crippen LogP contribution in [0.15, 0.2) is 59.8 Å². The molecule has 130 valence electrons. The van der Waals surface area contributed by atoms with Gasteiger partial charge in [-0.2, -0.15) is 0 Å². The average Bonchev–Trinajstić information content (AvgIpc) is 3.16. The molecule has 0 saturated heterocycles. The van der Waals surface area contributed by atoms with Crippen molar-refractivity contribution < 1.29 is 12.8 Å². The Morgan fingerprint density at radius 3 is 2.60 bits per heavy atom. The van der Waals surface area contributed by atoms with Crippen LogP contribution in [0.3, 0.4) is 0 Å². The van der Waals surface area contributed by atoms with Crippen molar-refractivity contribution in [3.8, 4) is 5.69 Å². The smallest absolute Gasteiger partial charge is 0.207 e. The molecule has 0 aliphatic heterocycles. The average molecular weight is 361 g/mol. The fourth-order valence-electron chi connectivity index (χ4n) is 2.30. The SMILES string of the molecule is CN(CCc1ccc(F)cc1)S(=O)(=O)c1cccc(-n2cnnn2)c1. The molecule has 0 spiro atoms. The van der Waals surface area contributed by atoms with Crippen molar-refractivity contribution in [2.24, 2.45) is 0 Å². The predicted molar refractivity (Wildman–Crippen MR) is 89.1 cm³/mol. The summed E-state index contributed by atoms with van der Waals surface area (Å²) in [5.74, 6) is -0.316. The summed E-state index contributed by atoms with van der Waals surface area (Å²) in [6.07, 6.45) is 1.88. The lowest BCUT2D eigenvalue weighted by atomic mass is 10.1. The second-order valence-corrected chi connectivity index (χ2v) is 7.50. The molecule has 1 aromatic heterocycles. The number of hydrogen-bond donors (Lipinski definition) is 0. The Morgan fingerprint density at radius 2 is 1.92 bits per heavy atom. The highest BCUT2D eigenvalue weighted by Crippen LogP contribution is 2.18. The first-order chi connectivity index (χ1) is 12.0. The van der Waals surface area contributed by atoms with Gasteiger partial charge in [-0.1, -0.05) is 18.2 Å². The summed E-state index contributed by atoms with van der Waals surface area (Å²) in [7, 11) is -2.14. The van der Waals surface area contributed by atoms with E-state index in [0.29, 0.717) is 12.1 Å². The normalized spacial score (nSPS) is 11.8. The van der Waals surface area contributed by atoms with Gasteiger partial charge in [0.15, 0.2) is 0 Å². The maximum absolute atomic E-state index is 12.9. The Bertz CT molecular complexity index is 943. The van der Waals surface area contributed by atoms with Crippen LogP contribution in [-0.4, -0.2) is 46.5 Å². The molecule has 3 rings (SSSR count). The third-order valence-corrected chi connectivity index (χ3v) is 5.62. The van der Waals surface area contributed by atoms with E-state index >= 15 is 0 Å². The third kappa shape index (κ3) is 3.89. The van der Waals surface area contributed by atoms with Crippen molar-refractivity contribution in [2.45, 2.75) is 11.3 Å². The molecule has 0 N–H and O–H groups in total. The van der Waals surface area contributed by atoms with E-state index in [0.717, 1.165) is 5.56 Å². The second-order valence-electron chi connectivity index (χ2n) is 5.45. The minimum atomic E-state index is -3.65. The van der Waals surface area contributed by atoms with Crippen molar-refractivity contribution in [2.75, 3.05) is 13.6 Å². The minimum absolute atomic E-state index is 0.155. The highest BCUT2D eigenvalue weighted by Gasteiger charge is 2.21. The maximum Gasteiger partial charge on any atom is 0.242 e. The van der Waals surface area contributed by atoms with Crippen LogP contribution < -0.4 is 0 Å². The van der Waals surface area contributed by atoms with Gasteiger partial charge in [0, 0.05) is 13.6 Å². The topological polar surface area (TPSA) is 81.0 Å².